The van der Waals surface area contributed by atoms with E-state index in [1.165, 1.54) is 25.2 Å². The number of allylic oxidation sites excluding steroid dienone is 3. The van der Waals surface area contributed by atoms with Gasteiger partial charge in [0.25, 0.3) is 0 Å². The molecule has 0 aliphatic heterocycles. The first kappa shape index (κ1) is 17.5. The number of hydrogen-bond acceptors (Lipinski definition) is 5. The number of carbonyl (C=O) groups is 1. The van der Waals surface area contributed by atoms with Crippen LogP contribution in [0.15, 0.2) is 23.3 Å². The zero-order valence-corrected chi connectivity index (χ0v) is 15.2. The first-order valence-electron chi connectivity index (χ1n) is 6.28. The lowest BCUT2D eigenvalue weighted by molar-refractivity contribution is 0.102. The fourth-order valence-corrected chi connectivity index (χ4v) is 5.63. The Kier molecular flexibility index (Phi) is 4.73. The van der Waals surface area contributed by atoms with Crippen molar-refractivity contribution in [3.8, 4) is 0 Å². The van der Waals surface area contributed by atoms with Crippen LogP contribution in [0, 0.1) is 6.92 Å². The largest absolute Gasteiger partial charge is 0.294 e. The van der Waals surface area contributed by atoms with Gasteiger partial charge in [-0.1, -0.05) is 29.0 Å². The third-order valence-corrected chi connectivity index (χ3v) is 6.89. The SMILES string of the molecule is CC(=O)c1sc(NS(=O)(=O)C2C=CC(Cl)=CC2(C)Cl)nc1C. The number of aryl methyl sites for hydroxylation is 1. The number of Topliss-reactive ketones (excluding diaryl/α,β-unsaturated/α-hetero) is 1. The molecule has 1 aliphatic carbocycles. The van der Waals surface area contributed by atoms with Gasteiger partial charge >= 0.3 is 0 Å². The van der Waals surface area contributed by atoms with Gasteiger partial charge in [-0.05, 0) is 26.0 Å². The highest BCUT2D eigenvalue weighted by molar-refractivity contribution is 7.93. The minimum absolute atomic E-state index is 0.143. The van der Waals surface area contributed by atoms with Crippen molar-refractivity contribution in [2.75, 3.05) is 4.72 Å². The molecule has 0 fully saturated rings. The van der Waals surface area contributed by atoms with E-state index in [2.05, 4.69) is 9.71 Å². The lowest BCUT2D eigenvalue weighted by atomic mass is 10.0. The van der Waals surface area contributed by atoms with Crippen LogP contribution in [0.5, 0.6) is 0 Å². The molecule has 0 amide bonds. The smallest absolute Gasteiger partial charge is 0.243 e. The summed E-state index contributed by atoms with van der Waals surface area (Å²) >= 11 is 13.1. The summed E-state index contributed by atoms with van der Waals surface area (Å²) in [6, 6.07) is 0. The van der Waals surface area contributed by atoms with Gasteiger partial charge in [0.2, 0.25) is 10.0 Å². The van der Waals surface area contributed by atoms with Gasteiger partial charge in [0.05, 0.1) is 15.4 Å². The molecule has 0 spiro atoms. The number of nitrogens with zero attached hydrogens (tertiary/aromatic N) is 1. The molecule has 1 heterocycles. The lowest BCUT2D eigenvalue weighted by Gasteiger charge is -2.29. The third kappa shape index (κ3) is 3.53. The van der Waals surface area contributed by atoms with E-state index in [9.17, 15) is 13.2 Å². The standard InChI is InChI=1S/C13H14Cl2N2O3S2/c1-7-11(8(2)18)21-12(16-7)17-22(19,20)10-5-4-9(14)6-13(10,3)15/h4-6,10H,1-3H3,(H,16,17). The maximum absolute atomic E-state index is 12.5. The van der Waals surface area contributed by atoms with E-state index in [4.69, 9.17) is 23.2 Å². The molecule has 0 saturated carbocycles. The normalized spacial score (nSPS) is 25.0. The van der Waals surface area contributed by atoms with E-state index in [-0.39, 0.29) is 10.9 Å². The average molecular weight is 381 g/mol. The number of sulfonamides is 1. The molecule has 1 aliphatic rings. The highest BCUT2D eigenvalue weighted by atomic mass is 35.5. The quantitative estimate of drug-likeness (QED) is 0.640. The number of alkyl halides is 1. The summed E-state index contributed by atoms with van der Waals surface area (Å²) in [4.78, 5) is 14.7. The van der Waals surface area contributed by atoms with Gasteiger partial charge in [0.1, 0.15) is 5.25 Å². The van der Waals surface area contributed by atoms with Gasteiger partial charge in [-0.2, -0.15) is 0 Å². The van der Waals surface area contributed by atoms with Crippen molar-refractivity contribution in [2.45, 2.75) is 30.9 Å². The number of halogens is 2. The number of aromatic nitrogens is 1. The summed E-state index contributed by atoms with van der Waals surface area (Å²) in [7, 11) is -3.83. The van der Waals surface area contributed by atoms with Crippen molar-refractivity contribution in [3.05, 3.63) is 33.8 Å². The second-order valence-corrected chi connectivity index (χ2v) is 9.15. The van der Waals surface area contributed by atoms with Crippen LogP contribution in [0.4, 0.5) is 5.13 Å². The van der Waals surface area contributed by atoms with Gasteiger partial charge < -0.3 is 0 Å². The highest BCUT2D eigenvalue weighted by Crippen LogP contribution is 2.35. The molecule has 9 heteroatoms. The summed E-state index contributed by atoms with van der Waals surface area (Å²) in [6.07, 6.45) is 4.40. The minimum Gasteiger partial charge on any atom is -0.294 e. The zero-order chi connectivity index (χ0) is 16.7. The summed E-state index contributed by atoms with van der Waals surface area (Å²) in [5.74, 6) is -0.157. The predicted molar refractivity (Wildman–Crippen MR) is 90.5 cm³/mol. The molecule has 2 atom stereocenters. The van der Waals surface area contributed by atoms with E-state index < -0.39 is 20.1 Å². The summed E-state index contributed by atoms with van der Waals surface area (Å²) in [6.45, 7) is 4.63. The van der Waals surface area contributed by atoms with E-state index in [1.807, 2.05) is 0 Å². The number of rotatable bonds is 4. The fourth-order valence-electron chi connectivity index (χ4n) is 2.13. The molecular formula is C13H14Cl2N2O3S2. The summed E-state index contributed by atoms with van der Waals surface area (Å²) < 4.78 is 27.5. The van der Waals surface area contributed by atoms with Crippen LogP contribution >= 0.6 is 34.5 Å². The Balaban J connectivity index is 2.31. The molecule has 1 N–H and O–H groups in total. The van der Waals surface area contributed by atoms with Gasteiger partial charge in [0.15, 0.2) is 10.9 Å². The van der Waals surface area contributed by atoms with Gasteiger partial charge in [0, 0.05) is 12.0 Å². The zero-order valence-electron chi connectivity index (χ0n) is 12.1. The van der Waals surface area contributed by atoms with E-state index in [1.54, 1.807) is 13.8 Å². The summed E-state index contributed by atoms with van der Waals surface area (Å²) in [5, 5.41) is -0.480. The molecule has 0 aromatic carbocycles. The lowest BCUT2D eigenvalue weighted by Crippen LogP contribution is -2.41. The van der Waals surface area contributed by atoms with Crippen molar-refractivity contribution < 1.29 is 13.2 Å². The Labute approximate surface area is 143 Å². The van der Waals surface area contributed by atoms with Crippen molar-refractivity contribution in [1.29, 1.82) is 0 Å². The number of thiazole rings is 1. The van der Waals surface area contributed by atoms with Crippen LogP contribution in [-0.2, 0) is 10.0 Å². The van der Waals surface area contributed by atoms with E-state index in [0.29, 0.717) is 15.6 Å². The molecule has 0 bridgehead atoms. The van der Waals surface area contributed by atoms with Crippen molar-refractivity contribution >= 4 is 55.5 Å². The molecule has 2 rings (SSSR count). The van der Waals surface area contributed by atoms with Gasteiger partial charge in [-0.15, -0.1) is 11.6 Å². The van der Waals surface area contributed by atoms with Crippen LogP contribution in [0.2, 0.25) is 0 Å². The number of carbonyl (C=O) groups excluding carboxylic acids is 1. The van der Waals surface area contributed by atoms with Crippen molar-refractivity contribution in [2.24, 2.45) is 0 Å². The van der Waals surface area contributed by atoms with Crippen LogP contribution in [0.3, 0.4) is 0 Å². The van der Waals surface area contributed by atoms with Crippen molar-refractivity contribution in [1.82, 2.24) is 4.98 Å². The number of anilines is 1. The first-order chi connectivity index (χ1) is 10.0. The van der Waals surface area contributed by atoms with Crippen LogP contribution < -0.4 is 4.72 Å². The predicted octanol–water partition coefficient (Wildman–Crippen LogP) is 3.45. The third-order valence-electron chi connectivity index (χ3n) is 3.09. The topological polar surface area (TPSA) is 76.1 Å². The Morgan fingerprint density at radius 2 is 2.14 bits per heavy atom. The van der Waals surface area contributed by atoms with Crippen LogP contribution in [0.1, 0.15) is 29.2 Å². The number of ketones is 1. The fraction of sp³-hybridized carbons (Fsp3) is 0.385. The summed E-state index contributed by atoms with van der Waals surface area (Å²) in [5.41, 5.74) is 0.492. The average Bonchev–Trinajstić information content (AvgIpc) is 2.67. The molecule has 0 saturated heterocycles. The first-order valence-corrected chi connectivity index (χ1v) is 9.40. The molecule has 1 aromatic rings. The maximum Gasteiger partial charge on any atom is 0.243 e. The maximum atomic E-state index is 12.5. The van der Waals surface area contributed by atoms with Crippen LogP contribution in [-0.4, -0.2) is 29.3 Å². The molecular weight excluding hydrogens is 367 g/mol. The molecule has 22 heavy (non-hydrogen) atoms. The molecule has 2 unspecified atom stereocenters. The van der Waals surface area contributed by atoms with Gasteiger partial charge in [-0.25, -0.2) is 13.4 Å². The second-order valence-electron chi connectivity index (χ2n) is 5.10. The van der Waals surface area contributed by atoms with E-state index in [0.717, 1.165) is 11.3 Å². The molecule has 120 valence electrons. The number of nitrogens with one attached hydrogen (secondary N) is 1. The Morgan fingerprint density at radius 1 is 1.50 bits per heavy atom. The number of hydrogen-bond donors (Lipinski definition) is 1. The molecule has 1 aromatic heterocycles. The minimum atomic E-state index is -3.83. The van der Waals surface area contributed by atoms with E-state index >= 15 is 0 Å². The van der Waals surface area contributed by atoms with Gasteiger partial charge in [-0.3, -0.25) is 9.52 Å². The highest BCUT2D eigenvalue weighted by Gasteiger charge is 2.41. The molecule has 5 nitrogen and oxygen atoms in total. The Bertz CT molecular complexity index is 779. The molecule has 0 radical (unpaired) electrons. The second kappa shape index (κ2) is 5.96. The monoisotopic (exact) mass is 380 g/mol. The van der Waals surface area contributed by atoms with Crippen LogP contribution in [0.25, 0.3) is 0 Å². The van der Waals surface area contributed by atoms with Crippen molar-refractivity contribution in [3.63, 3.8) is 0 Å². The Hall–Kier alpha value is -0.890. The Morgan fingerprint density at radius 3 is 2.64 bits per heavy atom.